The number of likely N-dealkylation sites (tertiary alicyclic amines) is 1. The van der Waals surface area contributed by atoms with Crippen molar-refractivity contribution < 1.29 is 4.79 Å². The van der Waals surface area contributed by atoms with Crippen LogP contribution in [0, 0.1) is 6.92 Å². The fourth-order valence-electron chi connectivity index (χ4n) is 2.34. The van der Waals surface area contributed by atoms with Crippen molar-refractivity contribution in [2.45, 2.75) is 19.8 Å². The molecule has 1 aromatic carbocycles. The van der Waals surface area contributed by atoms with E-state index in [9.17, 15) is 4.79 Å². The zero-order valence-electron chi connectivity index (χ0n) is 11.4. The van der Waals surface area contributed by atoms with Gasteiger partial charge >= 0.3 is 0 Å². The molecule has 5 heteroatoms. The summed E-state index contributed by atoms with van der Waals surface area (Å²) in [6.07, 6.45) is 2.20. The first-order valence-electron chi connectivity index (χ1n) is 6.81. The molecule has 1 N–H and O–H groups in total. The molecule has 0 unspecified atom stereocenters. The van der Waals surface area contributed by atoms with Crippen LogP contribution >= 0.6 is 11.3 Å². The number of hydrogen-bond donors (Lipinski definition) is 1. The number of aryl methyl sites for hydroxylation is 1. The minimum Gasteiger partial charge on any atom is -0.337 e. The summed E-state index contributed by atoms with van der Waals surface area (Å²) in [6, 6.07) is 8.05. The zero-order chi connectivity index (χ0) is 13.9. The quantitative estimate of drug-likeness (QED) is 0.940. The van der Waals surface area contributed by atoms with E-state index in [4.69, 9.17) is 0 Å². The van der Waals surface area contributed by atoms with E-state index < -0.39 is 0 Å². The Morgan fingerprint density at radius 2 is 2.05 bits per heavy atom. The van der Waals surface area contributed by atoms with Crippen LogP contribution in [-0.2, 0) is 0 Å². The third-order valence-corrected chi connectivity index (χ3v) is 4.26. The highest BCUT2D eigenvalue weighted by Gasteiger charge is 2.21. The van der Waals surface area contributed by atoms with Crippen molar-refractivity contribution >= 4 is 28.1 Å². The molecule has 1 aliphatic rings. The molecule has 0 bridgehead atoms. The second kappa shape index (κ2) is 5.63. The first-order chi connectivity index (χ1) is 9.74. The van der Waals surface area contributed by atoms with Crippen LogP contribution in [0.2, 0.25) is 0 Å². The molecule has 3 rings (SSSR count). The lowest BCUT2D eigenvalue weighted by molar-refractivity contribution is 0.0788. The predicted molar refractivity (Wildman–Crippen MR) is 81.7 cm³/mol. The van der Waals surface area contributed by atoms with E-state index >= 15 is 0 Å². The topological polar surface area (TPSA) is 45.2 Å². The monoisotopic (exact) mass is 287 g/mol. The van der Waals surface area contributed by atoms with E-state index in [0.717, 1.165) is 42.3 Å². The van der Waals surface area contributed by atoms with Crippen molar-refractivity contribution in [3.63, 3.8) is 0 Å². The Bertz CT molecular complexity index is 617. The average Bonchev–Trinajstić information content (AvgIpc) is 3.12. The number of aromatic nitrogens is 1. The smallest absolute Gasteiger partial charge is 0.273 e. The number of carbonyl (C=O) groups is 1. The minimum absolute atomic E-state index is 0.0524. The molecule has 0 spiro atoms. The number of benzene rings is 1. The molecule has 1 saturated heterocycles. The van der Waals surface area contributed by atoms with Crippen LogP contribution in [0.15, 0.2) is 29.6 Å². The number of rotatable bonds is 3. The van der Waals surface area contributed by atoms with Crippen molar-refractivity contribution in [2.24, 2.45) is 0 Å². The van der Waals surface area contributed by atoms with E-state index in [0.29, 0.717) is 5.69 Å². The van der Waals surface area contributed by atoms with Gasteiger partial charge in [-0.2, -0.15) is 0 Å². The standard InChI is InChI=1S/C15H17N3OS/c1-11-6-2-3-7-12(11)16-15-17-13(10-20-15)14(19)18-8-4-5-9-18/h2-3,6-7,10H,4-5,8-9H2,1H3,(H,16,17). The van der Waals surface area contributed by atoms with Gasteiger partial charge in [-0.1, -0.05) is 18.2 Å². The number of anilines is 2. The van der Waals surface area contributed by atoms with Crippen LogP contribution in [0.1, 0.15) is 28.9 Å². The van der Waals surface area contributed by atoms with Crippen molar-refractivity contribution in [3.8, 4) is 0 Å². The highest BCUT2D eigenvalue weighted by Crippen LogP contribution is 2.24. The summed E-state index contributed by atoms with van der Waals surface area (Å²) in [5.41, 5.74) is 2.74. The van der Waals surface area contributed by atoms with Crippen LogP contribution in [0.25, 0.3) is 0 Å². The van der Waals surface area contributed by atoms with Crippen LogP contribution < -0.4 is 5.32 Å². The van der Waals surface area contributed by atoms with E-state index in [1.165, 1.54) is 11.3 Å². The summed E-state index contributed by atoms with van der Waals surface area (Å²) >= 11 is 1.47. The molecule has 1 aromatic heterocycles. The van der Waals surface area contributed by atoms with Crippen molar-refractivity contribution in [3.05, 3.63) is 40.9 Å². The molecule has 0 radical (unpaired) electrons. The highest BCUT2D eigenvalue weighted by atomic mass is 32.1. The van der Waals surface area contributed by atoms with E-state index in [1.807, 2.05) is 41.5 Å². The van der Waals surface area contributed by atoms with Crippen LogP contribution in [0.3, 0.4) is 0 Å². The van der Waals surface area contributed by atoms with E-state index in [-0.39, 0.29) is 5.91 Å². The largest absolute Gasteiger partial charge is 0.337 e. The molecule has 0 saturated carbocycles. The third kappa shape index (κ3) is 2.67. The minimum atomic E-state index is 0.0524. The van der Waals surface area contributed by atoms with Gasteiger partial charge in [-0.05, 0) is 31.4 Å². The number of hydrogen-bond acceptors (Lipinski definition) is 4. The van der Waals surface area contributed by atoms with Gasteiger partial charge in [0, 0.05) is 24.2 Å². The van der Waals surface area contributed by atoms with Gasteiger partial charge in [-0.25, -0.2) is 4.98 Å². The molecule has 1 aliphatic heterocycles. The maximum Gasteiger partial charge on any atom is 0.273 e. The molecule has 2 heterocycles. The molecule has 4 nitrogen and oxygen atoms in total. The van der Waals surface area contributed by atoms with Crippen molar-refractivity contribution in [1.82, 2.24) is 9.88 Å². The van der Waals surface area contributed by atoms with E-state index in [2.05, 4.69) is 10.3 Å². The molecule has 104 valence electrons. The lowest BCUT2D eigenvalue weighted by Crippen LogP contribution is -2.27. The van der Waals surface area contributed by atoms with Crippen LogP contribution in [0.4, 0.5) is 10.8 Å². The summed E-state index contributed by atoms with van der Waals surface area (Å²) in [5.74, 6) is 0.0524. The number of carbonyl (C=O) groups excluding carboxylic acids is 1. The third-order valence-electron chi connectivity index (χ3n) is 3.50. The predicted octanol–water partition coefficient (Wildman–Crippen LogP) is 3.43. The first kappa shape index (κ1) is 13.1. The van der Waals surface area contributed by atoms with Gasteiger partial charge in [-0.3, -0.25) is 4.79 Å². The van der Waals surface area contributed by atoms with Gasteiger partial charge in [0.05, 0.1) is 0 Å². The van der Waals surface area contributed by atoms with Crippen molar-refractivity contribution in [2.75, 3.05) is 18.4 Å². The molecular weight excluding hydrogens is 270 g/mol. The normalized spacial score (nSPS) is 14.6. The first-order valence-corrected chi connectivity index (χ1v) is 7.69. The van der Waals surface area contributed by atoms with Crippen LogP contribution in [0.5, 0.6) is 0 Å². The molecule has 1 fully saturated rings. The zero-order valence-corrected chi connectivity index (χ0v) is 12.2. The number of nitrogens with one attached hydrogen (secondary N) is 1. The molecule has 0 aliphatic carbocycles. The molecule has 2 aromatic rings. The fourth-order valence-corrected chi connectivity index (χ4v) is 3.04. The molecule has 1 amide bonds. The lowest BCUT2D eigenvalue weighted by Gasteiger charge is -2.12. The maximum atomic E-state index is 12.2. The summed E-state index contributed by atoms with van der Waals surface area (Å²) in [6.45, 7) is 3.76. The Morgan fingerprint density at radius 1 is 1.30 bits per heavy atom. The second-order valence-electron chi connectivity index (χ2n) is 4.98. The summed E-state index contributed by atoms with van der Waals surface area (Å²) in [5, 5.41) is 5.87. The number of amides is 1. The van der Waals surface area contributed by atoms with Gasteiger partial charge < -0.3 is 10.2 Å². The van der Waals surface area contributed by atoms with Gasteiger partial charge in [0.1, 0.15) is 5.69 Å². The highest BCUT2D eigenvalue weighted by molar-refractivity contribution is 7.14. The van der Waals surface area contributed by atoms with Gasteiger partial charge in [-0.15, -0.1) is 11.3 Å². The van der Waals surface area contributed by atoms with Crippen LogP contribution in [-0.4, -0.2) is 28.9 Å². The summed E-state index contributed by atoms with van der Waals surface area (Å²) < 4.78 is 0. The number of thiazole rings is 1. The van der Waals surface area contributed by atoms with Crippen molar-refractivity contribution in [1.29, 1.82) is 0 Å². The maximum absolute atomic E-state index is 12.2. The number of nitrogens with zero attached hydrogens (tertiary/aromatic N) is 2. The molecule has 20 heavy (non-hydrogen) atoms. The average molecular weight is 287 g/mol. The number of para-hydroxylation sites is 1. The summed E-state index contributed by atoms with van der Waals surface area (Å²) in [7, 11) is 0. The Balaban J connectivity index is 1.73. The summed E-state index contributed by atoms with van der Waals surface area (Å²) in [4.78, 5) is 18.5. The molecule has 0 atom stereocenters. The van der Waals surface area contributed by atoms with E-state index in [1.54, 1.807) is 0 Å². The lowest BCUT2D eigenvalue weighted by atomic mass is 10.2. The van der Waals surface area contributed by atoms with Gasteiger partial charge in [0.15, 0.2) is 5.13 Å². The van der Waals surface area contributed by atoms with Gasteiger partial charge in [0.25, 0.3) is 5.91 Å². The fraction of sp³-hybridized carbons (Fsp3) is 0.333. The van der Waals surface area contributed by atoms with Gasteiger partial charge in [0.2, 0.25) is 0 Å². The Kier molecular flexibility index (Phi) is 3.69. The Hall–Kier alpha value is -1.88. The SMILES string of the molecule is Cc1ccccc1Nc1nc(C(=O)N2CCCC2)cs1. The Morgan fingerprint density at radius 3 is 2.80 bits per heavy atom. The Labute approximate surface area is 122 Å². The second-order valence-corrected chi connectivity index (χ2v) is 5.84. The molecular formula is C15H17N3OS.